The van der Waals surface area contributed by atoms with Crippen molar-refractivity contribution < 1.29 is 4.79 Å². The molecule has 1 atom stereocenters. The molecule has 0 saturated carbocycles. The summed E-state index contributed by atoms with van der Waals surface area (Å²) in [6.45, 7) is 2.35. The summed E-state index contributed by atoms with van der Waals surface area (Å²) >= 11 is 9.59. The monoisotopic (exact) mass is 402 g/mol. The summed E-state index contributed by atoms with van der Waals surface area (Å²) in [5.74, 6) is 0.0837. The number of aromatic amines is 1. The van der Waals surface area contributed by atoms with Crippen molar-refractivity contribution in [2.24, 2.45) is 0 Å². The fourth-order valence-electron chi connectivity index (χ4n) is 3.59. The first-order valence-electron chi connectivity index (χ1n) is 7.87. The van der Waals surface area contributed by atoms with E-state index in [1.165, 1.54) is 10.9 Å². The van der Waals surface area contributed by atoms with Gasteiger partial charge in [0.05, 0.1) is 6.04 Å². The van der Waals surface area contributed by atoms with Crippen molar-refractivity contribution in [1.29, 1.82) is 0 Å². The summed E-state index contributed by atoms with van der Waals surface area (Å²) in [6, 6.07) is 13.9. The van der Waals surface area contributed by atoms with Crippen LogP contribution in [0.5, 0.6) is 0 Å². The largest absolute Gasteiger partial charge is 0.356 e. The van der Waals surface area contributed by atoms with Crippen molar-refractivity contribution in [3.63, 3.8) is 0 Å². The van der Waals surface area contributed by atoms with Gasteiger partial charge in [-0.05, 0) is 47.9 Å². The third kappa shape index (κ3) is 2.54. The molecule has 5 heteroatoms. The molecule has 3 aromatic rings. The fraction of sp³-hybridized carbons (Fsp3) is 0.211. The minimum atomic E-state index is -0.102. The van der Waals surface area contributed by atoms with E-state index in [2.05, 4.69) is 33.0 Å². The van der Waals surface area contributed by atoms with Crippen LogP contribution in [0.3, 0.4) is 0 Å². The molecular weight excluding hydrogens is 388 g/mol. The average Bonchev–Trinajstić information content (AvgIpc) is 2.92. The number of hydrogen-bond acceptors (Lipinski definition) is 1. The quantitative estimate of drug-likeness (QED) is 0.604. The molecule has 2 heterocycles. The van der Waals surface area contributed by atoms with E-state index in [-0.39, 0.29) is 11.9 Å². The number of carbonyl (C=O) groups is 1. The minimum Gasteiger partial charge on any atom is -0.356 e. The fourth-order valence-corrected chi connectivity index (χ4v) is 4.08. The maximum absolute atomic E-state index is 12.2. The highest BCUT2D eigenvalue weighted by Crippen LogP contribution is 2.39. The molecule has 2 aromatic carbocycles. The van der Waals surface area contributed by atoms with Crippen LogP contribution in [0, 0.1) is 0 Å². The van der Waals surface area contributed by atoms with Crippen LogP contribution < -0.4 is 0 Å². The normalized spacial score (nSPS) is 17.1. The summed E-state index contributed by atoms with van der Waals surface area (Å²) in [5.41, 5.74) is 4.57. The molecule has 0 bridgehead atoms. The number of fused-ring (bicyclic) bond motifs is 3. The van der Waals surface area contributed by atoms with Crippen molar-refractivity contribution in [3.05, 3.63) is 68.8 Å². The smallest absolute Gasteiger partial charge is 0.220 e. The van der Waals surface area contributed by atoms with Gasteiger partial charge in [0.1, 0.15) is 0 Å². The number of rotatable bonds is 1. The Labute approximate surface area is 153 Å². The summed E-state index contributed by atoms with van der Waals surface area (Å²) in [6.07, 6.45) is 0.857. The van der Waals surface area contributed by atoms with Crippen molar-refractivity contribution in [2.75, 3.05) is 6.54 Å². The maximum atomic E-state index is 12.2. The zero-order valence-corrected chi connectivity index (χ0v) is 15.5. The SMILES string of the molecule is CC(=O)N1CCc2c([nH]c3ccc(Br)cc23)C1c1ccc(Cl)cc1. The van der Waals surface area contributed by atoms with Gasteiger partial charge >= 0.3 is 0 Å². The molecule has 1 N–H and O–H groups in total. The lowest BCUT2D eigenvalue weighted by Crippen LogP contribution is -2.39. The molecule has 0 radical (unpaired) electrons. The van der Waals surface area contributed by atoms with Crippen LogP contribution in [0.1, 0.15) is 29.8 Å². The number of nitrogens with one attached hydrogen (secondary N) is 1. The van der Waals surface area contributed by atoms with Crippen molar-refractivity contribution in [2.45, 2.75) is 19.4 Å². The van der Waals surface area contributed by atoms with Crippen LogP contribution in [0.2, 0.25) is 5.02 Å². The molecule has 0 fully saturated rings. The molecule has 4 rings (SSSR count). The van der Waals surface area contributed by atoms with E-state index in [1.807, 2.05) is 35.2 Å². The average molecular weight is 404 g/mol. The second-order valence-corrected chi connectivity index (χ2v) is 7.48. The molecule has 1 unspecified atom stereocenters. The van der Waals surface area contributed by atoms with Gasteiger partial charge in [-0.25, -0.2) is 0 Å². The molecule has 0 spiro atoms. The summed E-state index contributed by atoms with van der Waals surface area (Å²) in [5, 5.41) is 1.92. The van der Waals surface area contributed by atoms with Crippen LogP contribution >= 0.6 is 27.5 Å². The maximum Gasteiger partial charge on any atom is 0.220 e. The predicted molar refractivity (Wildman–Crippen MR) is 100 cm³/mol. The van der Waals surface area contributed by atoms with Crippen LogP contribution in [0.4, 0.5) is 0 Å². The number of benzene rings is 2. The predicted octanol–water partition coefficient (Wildman–Crippen LogP) is 5.08. The molecule has 1 aliphatic rings. The number of aromatic nitrogens is 1. The number of H-pyrrole nitrogens is 1. The second kappa shape index (κ2) is 5.94. The lowest BCUT2D eigenvalue weighted by molar-refractivity contribution is -0.130. The highest BCUT2D eigenvalue weighted by Gasteiger charge is 2.33. The number of amides is 1. The van der Waals surface area contributed by atoms with Crippen molar-refractivity contribution in [1.82, 2.24) is 9.88 Å². The van der Waals surface area contributed by atoms with Crippen LogP contribution in [-0.2, 0) is 11.2 Å². The zero-order chi connectivity index (χ0) is 16.8. The van der Waals surface area contributed by atoms with Gasteiger partial charge in [0, 0.05) is 39.6 Å². The van der Waals surface area contributed by atoms with Crippen LogP contribution in [-0.4, -0.2) is 22.3 Å². The molecule has 0 aliphatic carbocycles. The van der Waals surface area contributed by atoms with E-state index >= 15 is 0 Å². The van der Waals surface area contributed by atoms with Crippen molar-refractivity contribution in [3.8, 4) is 0 Å². The van der Waals surface area contributed by atoms with Crippen LogP contribution in [0.25, 0.3) is 10.9 Å². The van der Waals surface area contributed by atoms with E-state index in [0.29, 0.717) is 5.02 Å². The Morgan fingerprint density at radius 1 is 1.25 bits per heavy atom. The zero-order valence-electron chi connectivity index (χ0n) is 13.1. The Bertz CT molecular complexity index is 932. The van der Waals surface area contributed by atoms with Gasteiger partial charge in [-0.1, -0.05) is 39.7 Å². The molecule has 122 valence electrons. The van der Waals surface area contributed by atoms with Gasteiger partial charge in [0.25, 0.3) is 0 Å². The van der Waals surface area contributed by atoms with Crippen molar-refractivity contribution >= 4 is 44.3 Å². The topological polar surface area (TPSA) is 36.1 Å². The Morgan fingerprint density at radius 3 is 2.71 bits per heavy atom. The second-order valence-electron chi connectivity index (χ2n) is 6.12. The Hall–Kier alpha value is -1.78. The van der Waals surface area contributed by atoms with E-state index in [1.54, 1.807) is 6.92 Å². The third-order valence-electron chi connectivity index (χ3n) is 4.68. The van der Waals surface area contributed by atoms with Gasteiger partial charge < -0.3 is 9.88 Å². The van der Waals surface area contributed by atoms with E-state index in [9.17, 15) is 4.79 Å². The first-order valence-corrected chi connectivity index (χ1v) is 9.04. The van der Waals surface area contributed by atoms with E-state index in [0.717, 1.165) is 34.2 Å². The summed E-state index contributed by atoms with van der Waals surface area (Å²) in [4.78, 5) is 17.7. The standard InChI is InChI=1S/C19H16BrClN2O/c1-11(24)23-9-8-15-16-10-13(20)4-7-17(16)22-18(15)19(23)12-2-5-14(21)6-3-12/h2-7,10,19,22H,8-9H2,1H3. The number of carbonyl (C=O) groups excluding carboxylic acids is 1. The Morgan fingerprint density at radius 2 is 2.00 bits per heavy atom. The molecule has 1 amide bonds. The third-order valence-corrected chi connectivity index (χ3v) is 5.42. The van der Waals surface area contributed by atoms with Gasteiger partial charge in [-0.2, -0.15) is 0 Å². The molecule has 24 heavy (non-hydrogen) atoms. The summed E-state index contributed by atoms with van der Waals surface area (Å²) < 4.78 is 1.06. The van der Waals surface area contributed by atoms with E-state index < -0.39 is 0 Å². The lowest BCUT2D eigenvalue weighted by atomic mass is 9.92. The molecule has 1 aromatic heterocycles. The first-order chi connectivity index (χ1) is 11.5. The lowest BCUT2D eigenvalue weighted by Gasteiger charge is -2.35. The van der Waals surface area contributed by atoms with Gasteiger partial charge in [0.15, 0.2) is 0 Å². The highest BCUT2D eigenvalue weighted by molar-refractivity contribution is 9.10. The van der Waals surface area contributed by atoms with Gasteiger partial charge in [-0.15, -0.1) is 0 Å². The first kappa shape index (κ1) is 15.7. The number of halogens is 2. The summed E-state index contributed by atoms with van der Waals surface area (Å²) in [7, 11) is 0. The van der Waals surface area contributed by atoms with E-state index in [4.69, 9.17) is 11.6 Å². The number of nitrogens with zero attached hydrogens (tertiary/aromatic N) is 1. The Balaban J connectivity index is 1.93. The highest BCUT2D eigenvalue weighted by atomic mass is 79.9. The number of hydrogen-bond donors (Lipinski definition) is 1. The molecule has 3 nitrogen and oxygen atoms in total. The van der Waals surface area contributed by atoms with Crippen LogP contribution in [0.15, 0.2) is 46.9 Å². The molecular formula is C19H16BrClN2O. The minimum absolute atomic E-state index is 0.0837. The van der Waals surface area contributed by atoms with Gasteiger partial charge in [0.2, 0.25) is 5.91 Å². The Kier molecular flexibility index (Phi) is 3.89. The van der Waals surface area contributed by atoms with Gasteiger partial charge in [-0.3, -0.25) is 4.79 Å². The molecule has 0 saturated heterocycles. The molecule has 1 aliphatic heterocycles.